The average Bonchev–Trinajstić information content (AvgIpc) is 2.53. The van der Waals surface area contributed by atoms with Crippen molar-refractivity contribution in [3.8, 4) is 5.75 Å². The third kappa shape index (κ3) is 9.12. The summed E-state index contributed by atoms with van der Waals surface area (Å²) in [6.45, 7) is 5.98. The van der Waals surface area contributed by atoms with Gasteiger partial charge in [0.05, 0.1) is 11.0 Å². The fourth-order valence-electron chi connectivity index (χ4n) is 2.60. The zero-order valence-corrected chi connectivity index (χ0v) is 15.9. The Morgan fingerprint density at radius 2 is 1.74 bits per heavy atom. The van der Waals surface area contributed by atoms with Crippen LogP contribution in [-0.2, 0) is 14.3 Å². The van der Waals surface area contributed by atoms with Gasteiger partial charge < -0.3 is 9.47 Å². The lowest BCUT2D eigenvalue weighted by molar-refractivity contribution is -0.385. The second-order valence-corrected chi connectivity index (χ2v) is 6.83. The van der Waals surface area contributed by atoms with Crippen molar-refractivity contribution in [2.24, 2.45) is 5.92 Å². The lowest BCUT2D eigenvalue weighted by Crippen LogP contribution is -2.16. The van der Waals surface area contributed by atoms with Gasteiger partial charge in [-0.1, -0.05) is 20.3 Å². The molecule has 1 aromatic rings. The molecule has 1 aromatic carbocycles. The van der Waals surface area contributed by atoms with Gasteiger partial charge in [0.15, 0.2) is 0 Å². The van der Waals surface area contributed by atoms with Crippen molar-refractivity contribution in [2.45, 2.75) is 65.4 Å². The largest absolute Gasteiger partial charge is 0.463 e. The second kappa shape index (κ2) is 11.3. The van der Waals surface area contributed by atoms with Crippen LogP contribution in [0.2, 0.25) is 0 Å². The standard InChI is InChI=1S/C19H26FNO6/c1-13(2)11-14(3)26-18(22)7-5-4-6-8-19(23)27-17-12-15(20)9-10-16(17)21(24)25/h9-10,12-14H,4-8,11H2,1-3H3. The van der Waals surface area contributed by atoms with Crippen LogP contribution >= 0.6 is 0 Å². The fraction of sp³-hybridized carbons (Fsp3) is 0.579. The Morgan fingerprint density at radius 1 is 1.11 bits per heavy atom. The van der Waals surface area contributed by atoms with Crippen LogP contribution in [0.1, 0.15) is 59.3 Å². The fourth-order valence-corrected chi connectivity index (χ4v) is 2.60. The lowest BCUT2D eigenvalue weighted by Gasteiger charge is -2.15. The van der Waals surface area contributed by atoms with E-state index in [1.807, 2.05) is 6.92 Å². The summed E-state index contributed by atoms with van der Waals surface area (Å²) >= 11 is 0. The van der Waals surface area contributed by atoms with Crippen LogP contribution in [0.25, 0.3) is 0 Å². The Hall–Kier alpha value is -2.51. The molecule has 0 aliphatic carbocycles. The molecule has 7 nitrogen and oxygen atoms in total. The molecule has 27 heavy (non-hydrogen) atoms. The molecule has 1 rings (SSSR count). The number of ether oxygens (including phenoxy) is 2. The van der Waals surface area contributed by atoms with Gasteiger partial charge in [0.1, 0.15) is 5.82 Å². The summed E-state index contributed by atoms with van der Waals surface area (Å²) in [4.78, 5) is 33.6. The van der Waals surface area contributed by atoms with Crippen LogP contribution in [0.15, 0.2) is 18.2 Å². The van der Waals surface area contributed by atoms with Crippen LogP contribution in [0.5, 0.6) is 5.75 Å². The zero-order chi connectivity index (χ0) is 20.4. The van der Waals surface area contributed by atoms with E-state index in [9.17, 15) is 24.1 Å². The van der Waals surface area contributed by atoms with Gasteiger partial charge in [-0.05, 0) is 38.2 Å². The normalized spacial score (nSPS) is 11.9. The molecule has 1 atom stereocenters. The first-order chi connectivity index (χ1) is 12.7. The maximum atomic E-state index is 13.2. The number of hydrogen-bond acceptors (Lipinski definition) is 6. The lowest BCUT2D eigenvalue weighted by atomic mass is 10.1. The second-order valence-electron chi connectivity index (χ2n) is 6.83. The van der Waals surface area contributed by atoms with Crippen molar-refractivity contribution in [1.29, 1.82) is 0 Å². The predicted molar refractivity (Wildman–Crippen MR) is 96.8 cm³/mol. The van der Waals surface area contributed by atoms with Gasteiger partial charge in [0.2, 0.25) is 5.75 Å². The molecule has 0 N–H and O–H groups in total. The van der Waals surface area contributed by atoms with E-state index in [1.54, 1.807) is 0 Å². The van der Waals surface area contributed by atoms with Gasteiger partial charge in [-0.25, -0.2) is 4.39 Å². The van der Waals surface area contributed by atoms with Crippen LogP contribution in [-0.4, -0.2) is 23.0 Å². The molecule has 0 saturated carbocycles. The van der Waals surface area contributed by atoms with Gasteiger partial charge in [-0.3, -0.25) is 19.7 Å². The zero-order valence-electron chi connectivity index (χ0n) is 15.9. The predicted octanol–water partition coefficient (Wildman–Crippen LogP) is 4.57. The molecule has 0 aliphatic rings. The summed E-state index contributed by atoms with van der Waals surface area (Å²) in [5, 5.41) is 10.9. The summed E-state index contributed by atoms with van der Waals surface area (Å²) in [7, 11) is 0. The minimum absolute atomic E-state index is 0.0203. The molecule has 0 heterocycles. The van der Waals surface area contributed by atoms with E-state index in [4.69, 9.17) is 9.47 Å². The number of nitro groups is 1. The van der Waals surface area contributed by atoms with E-state index >= 15 is 0 Å². The number of carbonyl (C=O) groups is 2. The van der Waals surface area contributed by atoms with Crippen molar-refractivity contribution < 1.29 is 28.4 Å². The van der Waals surface area contributed by atoms with E-state index in [2.05, 4.69) is 13.8 Å². The van der Waals surface area contributed by atoms with Gasteiger partial charge in [0, 0.05) is 25.0 Å². The Labute approximate surface area is 158 Å². The molecule has 0 spiro atoms. The quantitative estimate of drug-likeness (QED) is 0.183. The van der Waals surface area contributed by atoms with E-state index in [0.29, 0.717) is 25.2 Å². The maximum absolute atomic E-state index is 13.2. The van der Waals surface area contributed by atoms with Crippen molar-refractivity contribution in [1.82, 2.24) is 0 Å². The first kappa shape index (κ1) is 22.5. The number of benzene rings is 1. The highest BCUT2D eigenvalue weighted by Gasteiger charge is 2.19. The molecule has 0 amide bonds. The minimum atomic E-state index is -0.742. The van der Waals surface area contributed by atoms with Gasteiger partial charge in [0.25, 0.3) is 0 Å². The van der Waals surface area contributed by atoms with E-state index in [-0.39, 0.29) is 24.9 Å². The Morgan fingerprint density at radius 3 is 2.33 bits per heavy atom. The van der Waals surface area contributed by atoms with Crippen LogP contribution in [0.3, 0.4) is 0 Å². The minimum Gasteiger partial charge on any atom is -0.463 e. The molecular weight excluding hydrogens is 357 g/mol. The Kier molecular flexibility index (Phi) is 9.39. The van der Waals surface area contributed by atoms with Crippen LogP contribution in [0, 0.1) is 21.8 Å². The van der Waals surface area contributed by atoms with Gasteiger partial charge in [-0.15, -0.1) is 0 Å². The molecule has 0 aromatic heterocycles. The number of unbranched alkanes of at least 4 members (excludes halogenated alkanes) is 2. The number of esters is 2. The number of halogens is 1. The molecule has 0 radical (unpaired) electrons. The Bertz CT molecular complexity index is 662. The van der Waals surface area contributed by atoms with E-state index in [0.717, 1.165) is 24.6 Å². The highest BCUT2D eigenvalue weighted by atomic mass is 19.1. The smallest absolute Gasteiger partial charge is 0.311 e. The van der Waals surface area contributed by atoms with E-state index < -0.39 is 28.1 Å². The Balaban J connectivity index is 2.29. The summed E-state index contributed by atoms with van der Waals surface area (Å²) in [5.74, 6) is -1.63. The van der Waals surface area contributed by atoms with Gasteiger partial charge in [-0.2, -0.15) is 0 Å². The first-order valence-corrected chi connectivity index (χ1v) is 9.03. The SMILES string of the molecule is CC(C)CC(C)OC(=O)CCCCCC(=O)Oc1cc(F)ccc1[N+](=O)[O-]. The summed E-state index contributed by atoms with van der Waals surface area (Å²) in [5.41, 5.74) is -0.469. The molecule has 0 saturated heterocycles. The number of rotatable bonds is 11. The summed E-state index contributed by atoms with van der Waals surface area (Å²) in [6.07, 6.45) is 2.61. The average molecular weight is 383 g/mol. The number of hydrogen-bond donors (Lipinski definition) is 0. The third-order valence-electron chi connectivity index (χ3n) is 3.74. The maximum Gasteiger partial charge on any atom is 0.311 e. The monoisotopic (exact) mass is 383 g/mol. The first-order valence-electron chi connectivity index (χ1n) is 9.03. The van der Waals surface area contributed by atoms with Crippen molar-refractivity contribution >= 4 is 17.6 Å². The number of carbonyl (C=O) groups excluding carboxylic acids is 2. The third-order valence-corrected chi connectivity index (χ3v) is 3.74. The van der Waals surface area contributed by atoms with E-state index in [1.165, 1.54) is 0 Å². The molecule has 150 valence electrons. The molecule has 8 heteroatoms. The molecule has 0 fully saturated rings. The van der Waals surface area contributed by atoms with Crippen molar-refractivity contribution in [2.75, 3.05) is 0 Å². The van der Waals surface area contributed by atoms with Crippen LogP contribution < -0.4 is 4.74 Å². The molecule has 0 aliphatic heterocycles. The number of nitrogens with zero attached hydrogens (tertiary/aromatic N) is 1. The topological polar surface area (TPSA) is 95.7 Å². The highest BCUT2D eigenvalue weighted by molar-refractivity contribution is 5.73. The summed E-state index contributed by atoms with van der Waals surface area (Å²) < 4.78 is 23.4. The summed E-state index contributed by atoms with van der Waals surface area (Å²) in [6, 6.07) is 2.69. The molecule has 1 unspecified atom stereocenters. The molecular formula is C19H26FNO6. The highest BCUT2D eigenvalue weighted by Crippen LogP contribution is 2.28. The van der Waals surface area contributed by atoms with Crippen molar-refractivity contribution in [3.05, 3.63) is 34.1 Å². The van der Waals surface area contributed by atoms with Crippen molar-refractivity contribution in [3.63, 3.8) is 0 Å². The van der Waals surface area contributed by atoms with Crippen LogP contribution in [0.4, 0.5) is 10.1 Å². The molecule has 0 bridgehead atoms. The number of nitro benzene ring substituents is 1. The van der Waals surface area contributed by atoms with Gasteiger partial charge >= 0.3 is 17.6 Å².